The predicted octanol–water partition coefficient (Wildman–Crippen LogP) is 1.12. The Morgan fingerprint density at radius 3 is 2.48 bits per heavy atom. The molecule has 0 aliphatic rings. The molecule has 0 amide bonds. The smallest absolute Gasteiger partial charge is 0.189 e. The Morgan fingerprint density at radius 2 is 1.90 bits per heavy atom. The lowest BCUT2D eigenvalue weighted by Gasteiger charge is -2.09. The summed E-state index contributed by atoms with van der Waals surface area (Å²) in [6, 6.07) is 9.16. The molecule has 0 spiro atoms. The SMILES string of the molecule is CCOc1ccc(OCc2c(C#N)nnn2CCO)cc1. The van der Waals surface area contributed by atoms with E-state index in [-0.39, 0.29) is 25.5 Å². The minimum atomic E-state index is -0.0791. The molecular weight excluding hydrogens is 272 g/mol. The summed E-state index contributed by atoms with van der Waals surface area (Å²) in [6.07, 6.45) is 0. The monoisotopic (exact) mass is 288 g/mol. The fourth-order valence-corrected chi connectivity index (χ4v) is 1.79. The van der Waals surface area contributed by atoms with E-state index in [1.807, 2.05) is 25.1 Å². The second-order valence-corrected chi connectivity index (χ2v) is 4.14. The second kappa shape index (κ2) is 7.26. The fraction of sp³-hybridized carbons (Fsp3) is 0.357. The van der Waals surface area contributed by atoms with E-state index in [9.17, 15) is 0 Å². The van der Waals surface area contributed by atoms with Crippen LogP contribution < -0.4 is 9.47 Å². The molecule has 0 bridgehead atoms. The van der Waals surface area contributed by atoms with Crippen molar-refractivity contribution < 1.29 is 14.6 Å². The van der Waals surface area contributed by atoms with Gasteiger partial charge in [0, 0.05) is 0 Å². The Kier molecular flexibility index (Phi) is 5.12. The molecule has 1 aromatic heterocycles. The molecule has 1 aromatic carbocycles. The summed E-state index contributed by atoms with van der Waals surface area (Å²) in [5.41, 5.74) is 0.745. The summed E-state index contributed by atoms with van der Waals surface area (Å²) in [5.74, 6) is 1.42. The largest absolute Gasteiger partial charge is 0.494 e. The Balaban J connectivity index is 2.05. The molecule has 0 radical (unpaired) electrons. The van der Waals surface area contributed by atoms with Crippen LogP contribution >= 0.6 is 0 Å². The highest BCUT2D eigenvalue weighted by Crippen LogP contribution is 2.19. The molecule has 110 valence electrons. The molecule has 7 heteroatoms. The van der Waals surface area contributed by atoms with Gasteiger partial charge in [-0.1, -0.05) is 5.21 Å². The average molecular weight is 288 g/mol. The van der Waals surface area contributed by atoms with Gasteiger partial charge in [0.1, 0.15) is 29.9 Å². The van der Waals surface area contributed by atoms with E-state index in [1.54, 1.807) is 12.1 Å². The number of hydrogen-bond donors (Lipinski definition) is 1. The summed E-state index contributed by atoms with van der Waals surface area (Å²) in [7, 11) is 0. The van der Waals surface area contributed by atoms with Crippen LogP contribution in [0.3, 0.4) is 0 Å². The summed E-state index contributed by atoms with van der Waals surface area (Å²) < 4.78 is 12.4. The number of nitriles is 1. The zero-order chi connectivity index (χ0) is 15.1. The molecule has 21 heavy (non-hydrogen) atoms. The standard InChI is InChI=1S/C14H16N4O3/c1-2-20-11-3-5-12(6-4-11)21-10-14-13(9-15)16-17-18(14)7-8-19/h3-6,19H,2,7-8,10H2,1H3. The van der Waals surface area contributed by atoms with Gasteiger partial charge in [-0.05, 0) is 31.2 Å². The number of aliphatic hydroxyl groups is 1. The van der Waals surface area contributed by atoms with Crippen molar-refractivity contribution >= 4 is 0 Å². The molecule has 0 saturated carbocycles. The maximum atomic E-state index is 8.99. The fourth-order valence-electron chi connectivity index (χ4n) is 1.79. The maximum Gasteiger partial charge on any atom is 0.189 e. The topological polar surface area (TPSA) is 93.2 Å². The van der Waals surface area contributed by atoms with Gasteiger partial charge >= 0.3 is 0 Å². The van der Waals surface area contributed by atoms with E-state index in [4.69, 9.17) is 19.8 Å². The molecule has 0 unspecified atom stereocenters. The van der Waals surface area contributed by atoms with Crippen molar-refractivity contribution in [1.29, 1.82) is 5.26 Å². The van der Waals surface area contributed by atoms with Gasteiger partial charge in [0.05, 0.1) is 19.8 Å². The van der Waals surface area contributed by atoms with Crippen molar-refractivity contribution in [3.63, 3.8) is 0 Å². The van der Waals surface area contributed by atoms with Gasteiger partial charge in [-0.15, -0.1) is 5.10 Å². The Morgan fingerprint density at radius 1 is 1.24 bits per heavy atom. The van der Waals surface area contributed by atoms with E-state index in [2.05, 4.69) is 10.3 Å². The van der Waals surface area contributed by atoms with E-state index in [0.717, 1.165) is 5.75 Å². The van der Waals surface area contributed by atoms with Crippen LogP contribution in [-0.2, 0) is 13.2 Å². The van der Waals surface area contributed by atoms with Crippen molar-refractivity contribution in [2.45, 2.75) is 20.1 Å². The molecule has 2 rings (SSSR count). The van der Waals surface area contributed by atoms with Crippen LogP contribution in [0.5, 0.6) is 11.5 Å². The van der Waals surface area contributed by atoms with Crippen LogP contribution in [0.1, 0.15) is 18.3 Å². The summed E-state index contributed by atoms with van der Waals surface area (Å²) in [6.45, 7) is 2.88. The Labute approximate surface area is 122 Å². The number of rotatable bonds is 7. The Hall–Kier alpha value is -2.59. The van der Waals surface area contributed by atoms with Crippen molar-refractivity contribution in [2.75, 3.05) is 13.2 Å². The molecule has 0 saturated heterocycles. The Bertz CT molecular complexity index is 616. The van der Waals surface area contributed by atoms with Crippen LogP contribution in [-0.4, -0.2) is 33.3 Å². The van der Waals surface area contributed by atoms with Crippen molar-refractivity contribution in [2.24, 2.45) is 0 Å². The van der Waals surface area contributed by atoms with Crippen LogP contribution in [0.15, 0.2) is 24.3 Å². The summed E-state index contributed by atoms with van der Waals surface area (Å²) >= 11 is 0. The van der Waals surface area contributed by atoms with Gasteiger partial charge < -0.3 is 14.6 Å². The highest BCUT2D eigenvalue weighted by Gasteiger charge is 2.13. The van der Waals surface area contributed by atoms with Crippen LogP contribution in [0.2, 0.25) is 0 Å². The predicted molar refractivity (Wildman–Crippen MR) is 73.8 cm³/mol. The van der Waals surface area contributed by atoms with Gasteiger partial charge in [-0.3, -0.25) is 0 Å². The first-order chi connectivity index (χ1) is 10.3. The van der Waals surface area contributed by atoms with Crippen LogP contribution in [0.4, 0.5) is 0 Å². The van der Waals surface area contributed by atoms with Gasteiger partial charge in [-0.2, -0.15) is 5.26 Å². The first kappa shape index (κ1) is 14.8. The molecule has 2 aromatic rings. The lowest BCUT2D eigenvalue weighted by molar-refractivity contribution is 0.251. The van der Waals surface area contributed by atoms with Crippen LogP contribution in [0.25, 0.3) is 0 Å². The minimum absolute atomic E-state index is 0.0791. The van der Waals surface area contributed by atoms with E-state index < -0.39 is 0 Å². The van der Waals surface area contributed by atoms with E-state index in [1.165, 1.54) is 4.68 Å². The first-order valence-electron chi connectivity index (χ1n) is 6.57. The van der Waals surface area contributed by atoms with Crippen LogP contribution in [0, 0.1) is 11.3 Å². The number of hydrogen-bond acceptors (Lipinski definition) is 6. The third-order valence-corrected chi connectivity index (χ3v) is 2.77. The zero-order valence-electron chi connectivity index (χ0n) is 11.7. The molecule has 1 N–H and O–H groups in total. The third kappa shape index (κ3) is 3.70. The zero-order valence-corrected chi connectivity index (χ0v) is 11.7. The van der Waals surface area contributed by atoms with Crippen molar-refractivity contribution in [3.05, 3.63) is 35.7 Å². The van der Waals surface area contributed by atoms with Gasteiger partial charge in [0.2, 0.25) is 0 Å². The van der Waals surface area contributed by atoms with Gasteiger partial charge in [0.15, 0.2) is 5.69 Å². The second-order valence-electron chi connectivity index (χ2n) is 4.14. The highest BCUT2D eigenvalue weighted by molar-refractivity contribution is 5.32. The molecule has 1 heterocycles. The summed E-state index contributed by atoms with van der Waals surface area (Å²) in [5, 5.41) is 25.5. The average Bonchev–Trinajstić information content (AvgIpc) is 2.89. The minimum Gasteiger partial charge on any atom is -0.494 e. The maximum absolute atomic E-state index is 8.99. The van der Waals surface area contributed by atoms with Crippen molar-refractivity contribution in [1.82, 2.24) is 15.0 Å². The number of aromatic nitrogens is 3. The molecule has 0 aliphatic carbocycles. The third-order valence-electron chi connectivity index (χ3n) is 2.77. The number of ether oxygens (including phenoxy) is 2. The van der Waals surface area contributed by atoms with E-state index >= 15 is 0 Å². The van der Waals surface area contributed by atoms with Gasteiger partial charge in [0.25, 0.3) is 0 Å². The lowest BCUT2D eigenvalue weighted by Crippen LogP contribution is -2.11. The molecular formula is C14H16N4O3. The first-order valence-corrected chi connectivity index (χ1v) is 6.57. The molecule has 0 fully saturated rings. The lowest BCUT2D eigenvalue weighted by atomic mass is 10.3. The molecule has 7 nitrogen and oxygen atoms in total. The molecule has 0 atom stereocenters. The van der Waals surface area contributed by atoms with Crippen molar-refractivity contribution in [3.8, 4) is 17.6 Å². The normalized spacial score (nSPS) is 10.1. The quantitative estimate of drug-likeness (QED) is 0.820. The highest BCUT2D eigenvalue weighted by atomic mass is 16.5. The number of aliphatic hydroxyl groups excluding tert-OH is 1. The van der Waals surface area contributed by atoms with Gasteiger partial charge in [-0.25, -0.2) is 4.68 Å². The summed E-state index contributed by atoms with van der Waals surface area (Å²) in [4.78, 5) is 0. The molecule has 0 aliphatic heterocycles. The number of nitrogens with zero attached hydrogens (tertiary/aromatic N) is 4. The number of benzene rings is 1. The van der Waals surface area contributed by atoms with E-state index in [0.29, 0.717) is 18.1 Å².